The van der Waals surface area contributed by atoms with Gasteiger partial charge in [-0.3, -0.25) is 9.28 Å². The molecule has 0 atom stereocenters. The third-order valence-electron chi connectivity index (χ3n) is 6.15. The Hall–Kier alpha value is -4.82. The van der Waals surface area contributed by atoms with E-state index in [2.05, 4.69) is 44.7 Å². The number of ether oxygens (including phenoxy) is 1. The molecule has 0 spiro atoms. The van der Waals surface area contributed by atoms with Crippen LogP contribution in [-0.4, -0.2) is 50.9 Å². The predicted molar refractivity (Wildman–Crippen MR) is 147 cm³/mol. The number of nitriles is 1. The summed E-state index contributed by atoms with van der Waals surface area (Å²) in [4.78, 5) is 22.1. The normalized spacial score (nSPS) is 11.3. The number of rotatable bonds is 7. The second-order valence-corrected chi connectivity index (χ2v) is 9.97. The van der Waals surface area contributed by atoms with Gasteiger partial charge >= 0.3 is 6.18 Å². The first-order chi connectivity index (χ1) is 19.2. The zero-order valence-electron chi connectivity index (χ0n) is 23.0. The number of carboxylic acid groups (broad SMARTS) is 1. The molecular formula is C30H29F3N4O4. The molecule has 1 heterocycles. The van der Waals surface area contributed by atoms with E-state index in [1.807, 2.05) is 59.2 Å². The molecule has 0 fully saturated rings. The Bertz CT molecular complexity index is 1580. The first-order valence-corrected chi connectivity index (χ1v) is 12.4. The molecule has 1 N–H and O–H groups in total. The van der Waals surface area contributed by atoms with E-state index in [4.69, 9.17) is 14.6 Å². The van der Waals surface area contributed by atoms with Crippen LogP contribution in [0, 0.1) is 11.3 Å². The average molecular weight is 567 g/mol. The van der Waals surface area contributed by atoms with Crippen LogP contribution in [0.25, 0.3) is 10.9 Å². The zero-order valence-corrected chi connectivity index (χ0v) is 23.0. The number of alkyl halides is 3. The van der Waals surface area contributed by atoms with E-state index in [1.165, 1.54) is 5.69 Å². The van der Waals surface area contributed by atoms with Gasteiger partial charge in [0.25, 0.3) is 5.91 Å². The molecule has 1 aromatic heterocycles. The molecule has 4 rings (SSSR count). The summed E-state index contributed by atoms with van der Waals surface area (Å²) in [5, 5.41) is 22.0. The fraction of sp³-hybridized carbons (Fsp3) is 0.233. The van der Waals surface area contributed by atoms with Crippen molar-refractivity contribution in [1.82, 2.24) is 14.4 Å². The van der Waals surface area contributed by atoms with E-state index in [-0.39, 0.29) is 5.91 Å². The fourth-order valence-electron chi connectivity index (χ4n) is 4.05. The molecular weight excluding hydrogens is 537 g/mol. The smallest absolute Gasteiger partial charge is 0.430 e. The van der Waals surface area contributed by atoms with Crippen LogP contribution in [0.5, 0.6) is 5.75 Å². The number of hydrogen-bond donors (Lipinski definition) is 1. The van der Waals surface area contributed by atoms with Gasteiger partial charge in [0, 0.05) is 18.5 Å². The van der Waals surface area contributed by atoms with Crippen LogP contribution in [0.1, 0.15) is 27.2 Å². The number of halogens is 3. The van der Waals surface area contributed by atoms with Crippen molar-refractivity contribution in [2.75, 3.05) is 28.3 Å². The maximum atomic E-state index is 13.3. The topological polar surface area (TPSA) is 107 Å². The van der Waals surface area contributed by atoms with Crippen LogP contribution in [0.3, 0.4) is 0 Å². The van der Waals surface area contributed by atoms with Gasteiger partial charge in [0.1, 0.15) is 23.1 Å². The van der Waals surface area contributed by atoms with E-state index in [9.17, 15) is 23.2 Å². The Labute approximate surface area is 235 Å². The Kier molecular flexibility index (Phi) is 9.42. The Morgan fingerprint density at radius 1 is 1.00 bits per heavy atom. The Morgan fingerprint density at radius 2 is 1.63 bits per heavy atom. The molecule has 0 unspecified atom stereocenters. The number of carbonyl (C=O) groups excluding carboxylic acids is 2. The van der Waals surface area contributed by atoms with Gasteiger partial charge in [-0.2, -0.15) is 18.4 Å². The molecule has 0 saturated carbocycles. The number of fused-ring (bicyclic) bond motifs is 1. The van der Waals surface area contributed by atoms with Crippen molar-refractivity contribution in [3.05, 3.63) is 95.2 Å². The van der Waals surface area contributed by atoms with Crippen molar-refractivity contribution >= 4 is 28.5 Å². The third-order valence-corrected chi connectivity index (χ3v) is 6.15. The molecule has 1 amide bonds. The minimum Gasteiger partial charge on any atom is -0.542 e. The molecule has 11 heteroatoms. The largest absolute Gasteiger partial charge is 0.542 e. The van der Waals surface area contributed by atoms with Crippen LogP contribution < -0.4 is 19.6 Å². The van der Waals surface area contributed by atoms with Crippen LogP contribution >= 0.6 is 0 Å². The number of methoxy groups -OCH3 is 1. The molecule has 0 aliphatic carbocycles. The third kappa shape index (κ3) is 7.86. The maximum absolute atomic E-state index is 13.3. The van der Waals surface area contributed by atoms with Crippen molar-refractivity contribution in [1.29, 1.82) is 5.26 Å². The first-order valence-electron chi connectivity index (χ1n) is 12.4. The molecule has 3 aromatic carbocycles. The van der Waals surface area contributed by atoms with E-state index in [0.717, 1.165) is 26.5 Å². The lowest BCUT2D eigenvalue weighted by molar-refractivity contribution is -0.344. The number of aliphatic carboxylic acids is 1. The highest BCUT2D eigenvalue weighted by molar-refractivity contribution is 6.00. The summed E-state index contributed by atoms with van der Waals surface area (Å²) in [7, 11) is 7.99. The van der Waals surface area contributed by atoms with Gasteiger partial charge in [0.15, 0.2) is 0 Å². The van der Waals surface area contributed by atoms with Gasteiger partial charge in [0.2, 0.25) is 0 Å². The molecule has 0 saturated heterocycles. The van der Waals surface area contributed by atoms with Crippen molar-refractivity contribution in [2.45, 2.75) is 19.3 Å². The zero-order chi connectivity index (χ0) is 30.4. The standard InChI is InChI=1S/C28H28N4O2.C2HF3O2/c1-32(2,3)23-13-11-20(12-14-23)18-30-28(33)26-16-24-25(9-6-10-27(24)34-4)31(26)19-22-8-5-7-21(15-22)17-29;3-2(4,5)1(6)7/h5-16H,18-19H2,1-4H3;(H,6,7). The van der Waals surface area contributed by atoms with Crippen molar-refractivity contribution in [2.24, 2.45) is 0 Å². The summed E-state index contributed by atoms with van der Waals surface area (Å²) in [6.07, 6.45) is -5.19. The monoisotopic (exact) mass is 566 g/mol. The van der Waals surface area contributed by atoms with Crippen LogP contribution in [0.15, 0.2) is 72.8 Å². The lowest BCUT2D eigenvalue weighted by Gasteiger charge is -2.23. The van der Waals surface area contributed by atoms with Crippen LogP contribution in [0.2, 0.25) is 0 Å². The molecule has 0 bridgehead atoms. The van der Waals surface area contributed by atoms with Gasteiger partial charge < -0.3 is 24.5 Å². The molecule has 4 aromatic rings. The number of quaternary nitrogens is 1. The maximum Gasteiger partial charge on any atom is 0.430 e. The highest BCUT2D eigenvalue weighted by atomic mass is 19.4. The first kappa shape index (κ1) is 30.7. The molecule has 214 valence electrons. The fourth-order valence-corrected chi connectivity index (χ4v) is 4.05. The van der Waals surface area contributed by atoms with Gasteiger partial charge in [-0.25, -0.2) is 0 Å². The molecule has 8 nitrogen and oxygen atoms in total. The molecule has 41 heavy (non-hydrogen) atoms. The van der Waals surface area contributed by atoms with Crippen LogP contribution in [-0.2, 0) is 17.9 Å². The molecule has 0 aliphatic heterocycles. The van der Waals surface area contributed by atoms with E-state index < -0.39 is 12.1 Å². The Balaban J connectivity index is 0.000000587. The summed E-state index contributed by atoms with van der Waals surface area (Å²) < 4.78 is 39.8. The lowest BCUT2D eigenvalue weighted by atomic mass is 10.1. The van der Waals surface area contributed by atoms with Gasteiger partial charge in [-0.05, 0) is 53.6 Å². The molecule has 0 radical (unpaired) electrons. The Morgan fingerprint density at radius 3 is 2.20 bits per heavy atom. The van der Waals surface area contributed by atoms with Gasteiger partial charge in [0.05, 0.1) is 45.4 Å². The number of aromatic nitrogens is 1. The van der Waals surface area contributed by atoms with Crippen LogP contribution in [0.4, 0.5) is 18.9 Å². The van der Waals surface area contributed by atoms with E-state index in [0.29, 0.717) is 30.1 Å². The SMILES string of the molecule is COc1cccc2c1cc(C(=O)NCc1ccc([N+](C)(C)C)cc1)n2Cc1cccc(C#N)c1.O=C([O-])C(F)(F)F. The second kappa shape index (κ2) is 12.6. The number of hydrogen-bond acceptors (Lipinski definition) is 5. The lowest BCUT2D eigenvalue weighted by Crippen LogP contribution is -2.37. The van der Waals surface area contributed by atoms with Crippen molar-refractivity contribution in [3.8, 4) is 11.8 Å². The van der Waals surface area contributed by atoms with Crippen molar-refractivity contribution < 1.29 is 32.6 Å². The van der Waals surface area contributed by atoms with E-state index in [1.54, 1.807) is 13.2 Å². The van der Waals surface area contributed by atoms with Crippen molar-refractivity contribution in [3.63, 3.8) is 0 Å². The summed E-state index contributed by atoms with van der Waals surface area (Å²) in [5.74, 6) is -2.45. The quantitative estimate of drug-likeness (QED) is 0.341. The van der Waals surface area contributed by atoms with Gasteiger partial charge in [-0.15, -0.1) is 0 Å². The second-order valence-electron chi connectivity index (χ2n) is 9.97. The summed E-state index contributed by atoms with van der Waals surface area (Å²) >= 11 is 0. The average Bonchev–Trinajstić information content (AvgIpc) is 3.30. The van der Waals surface area contributed by atoms with Gasteiger partial charge in [-0.1, -0.05) is 30.3 Å². The minimum atomic E-state index is -5.19. The number of nitrogens with one attached hydrogen (secondary N) is 1. The number of carboxylic acids is 1. The van der Waals surface area contributed by atoms with E-state index >= 15 is 0 Å². The predicted octanol–water partition coefficient (Wildman–Crippen LogP) is 4.00. The number of carbonyl (C=O) groups is 2. The minimum absolute atomic E-state index is 0.162. The number of nitrogens with zero attached hydrogens (tertiary/aromatic N) is 3. The number of amides is 1. The molecule has 0 aliphatic rings. The summed E-state index contributed by atoms with van der Waals surface area (Å²) in [6, 6.07) is 25.6. The summed E-state index contributed by atoms with van der Waals surface area (Å²) in [5.41, 5.74) is 5.22. The highest BCUT2D eigenvalue weighted by Crippen LogP contribution is 2.30. The summed E-state index contributed by atoms with van der Waals surface area (Å²) in [6.45, 7) is 0.895. The number of benzene rings is 3. The highest BCUT2D eigenvalue weighted by Gasteiger charge is 2.28.